The van der Waals surface area contributed by atoms with E-state index in [9.17, 15) is 22.8 Å². The lowest BCUT2D eigenvalue weighted by Gasteiger charge is -2.37. The zero-order valence-electron chi connectivity index (χ0n) is 20.0. The molecule has 0 unspecified atom stereocenters. The van der Waals surface area contributed by atoms with Gasteiger partial charge < -0.3 is 25.3 Å². The van der Waals surface area contributed by atoms with Crippen molar-refractivity contribution in [2.24, 2.45) is 0 Å². The number of benzene rings is 1. The van der Waals surface area contributed by atoms with Crippen LogP contribution in [0.4, 0.5) is 24.7 Å². The summed E-state index contributed by atoms with van der Waals surface area (Å²) in [5.74, 6) is -1.74. The van der Waals surface area contributed by atoms with Crippen molar-refractivity contribution in [1.82, 2.24) is 20.1 Å². The van der Waals surface area contributed by atoms with Crippen LogP contribution in [0.25, 0.3) is 10.9 Å². The second-order valence-electron chi connectivity index (χ2n) is 9.28. The number of halogens is 3. The van der Waals surface area contributed by atoms with Crippen molar-refractivity contribution in [1.29, 1.82) is 0 Å². The van der Waals surface area contributed by atoms with Gasteiger partial charge in [0, 0.05) is 43.3 Å². The lowest BCUT2D eigenvalue weighted by Crippen LogP contribution is -2.53. The summed E-state index contributed by atoms with van der Waals surface area (Å²) in [6.07, 6.45) is -4.25. The van der Waals surface area contributed by atoms with E-state index in [1.807, 2.05) is 24.9 Å². The number of hydrogen-bond donors (Lipinski definition) is 2. The normalized spacial score (nSPS) is 18.0. The number of alkyl halides is 3. The van der Waals surface area contributed by atoms with E-state index in [1.54, 1.807) is 18.2 Å². The van der Waals surface area contributed by atoms with Crippen molar-refractivity contribution in [2.45, 2.75) is 32.0 Å². The Balaban J connectivity index is 1.49. The lowest BCUT2D eigenvalue weighted by atomic mass is 10.0. The number of carbonyl (C=O) groups is 2. The molecule has 1 aromatic heterocycles. The second kappa shape index (κ2) is 10.4. The molecule has 190 valence electrons. The number of carbonyl (C=O) groups excluding carboxylic acids is 2. The first-order chi connectivity index (χ1) is 16.6. The molecule has 2 saturated heterocycles. The molecule has 0 bridgehead atoms. The Hall–Kier alpha value is -2.92. The highest BCUT2D eigenvalue weighted by Crippen LogP contribution is 2.27. The van der Waals surface area contributed by atoms with E-state index in [-0.39, 0.29) is 0 Å². The summed E-state index contributed by atoms with van der Waals surface area (Å²) in [6, 6.07) is 6.61. The number of rotatable bonds is 5. The molecule has 3 heterocycles. The topological polar surface area (TPSA) is 80.8 Å². The molecule has 2 aliphatic rings. The Labute approximate surface area is 202 Å². The summed E-state index contributed by atoms with van der Waals surface area (Å²) in [5, 5.41) is 6.83. The zero-order valence-corrected chi connectivity index (χ0v) is 20.0. The van der Waals surface area contributed by atoms with E-state index >= 15 is 0 Å². The van der Waals surface area contributed by atoms with Crippen molar-refractivity contribution in [2.75, 3.05) is 63.1 Å². The van der Waals surface area contributed by atoms with Crippen molar-refractivity contribution in [3.63, 3.8) is 0 Å². The van der Waals surface area contributed by atoms with Gasteiger partial charge in [0.15, 0.2) is 0 Å². The molecule has 35 heavy (non-hydrogen) atoms. The average Bonchev–Trinajstić information content (AvgIpc) is 2.83. The van der Waals surface area contributed by atoms with Crippen LogP contribution in [0.2, 0.25) is 0 Å². The highest BCUT2D eigenvalue weighted by atomic mass is 19.4. The second-order valence-corrected chi connectivity index (χ2v) is 9.28. The molecular formula is C24H31F3N6O2. The molecule has 2 fully saturated rings. The first-order valence-corrected chi connectivity index (χ1v) is 11.8. The predicted octanol–water partition coefficient (Wildman–Crippen LogP) is 2.38. The number of anilines is 2. The van der Waals surface area contributed by atoms with Crippen LogP contribution in [0.3, 0.4) is 0 Å². The van der Waals surface area contributed by atoms with Crippen LogP contribution in [0.15, 0.2) is 24.3 Å². The summed E-state index contributed by atoms with van der Waals surface area (Å²) in [7, 11) is 1.88. The molecule has 11 heteroatoms. The number of aryl methyl sites for hydroxylation is 1. The van der Waals surface area contributed by atoms with Crippen molar-refractivity contribution in [3.8, 4) is 0 Å². The monoisotopic (exact) mass is 492 g/mol. The summed E-state index contributed by atoms with van der Waals surface area (Å²) >= 11 is 0. The van der Waals surface area contributed by atoms with Crippen LogP contribution in [0.1, 0.15) is 18.4 Å². The molecule has 0 spiro atoms. The van der Waals surface area contributed by atoms with Gasteiger partial charge in [0.25, 0.3) is 0 Å². The number of aromatic nitrogens is 1. The first-order valence-electron chi connectivity index (χ1n) is 11.8. The van der Waals surface area contributed by atoms with E-state index in [0.717, 1.165) is 48.5 Å². The van der Waals surface area contributed by atoms with Gasteiger partial charge in [-0.15, -0.1) is 0 Å². The molecule has 2 aromatic rings. The maximum absolute atomic E-state index is 13.2. The molecule has 2 aliphatic heterocycles. The fourth-order valence-electron chi connectivity index (χ4n) is 4.70. The maximum Gasteiger partial charge on any atom is 0.471 e. The number of hydrogen-bond acceptors (Lipinski definition) is 6. The van der Waals surface area contributed by atoms with E-state index < -0.39 is 30.6 Å². The molecule has 0 saturated carbocycles. The summed E-state index contributed by atoms with van der Waals surface area (Å²) in [4.78, 5) is 34.5. The van der Waals surface area contributed by atoms with Crippen LogP contribution in [-0.4, -0.2) is 91.7 Å². The van der Waals surface area contributed by atoms with E-state index in [2.05, 4.69) is 15.5 Å². The SMILES string of the molecule is Cc1cc(N2CCNCC2)nc2ccc(NC(=O)CN(C(=O)C(F)(F)F)C3CCN(C)CC3)cc12. The molecule has 2 N–H and O–H groups in total. The molecular weight excluding hydrogens is 461 g/mol. The number of piperidine rings is 1. The number of nitrogens with one attached hydrogen (secondary N) is 2. The summed E-state index contributed by atoms with van der Waals surface area (Å²) < 4.78 is 39.7. The van der Waals surface area contributed by atoms with Gasteiger partial charge in [-0.25, -0.2) is 4.98 Å². The Morgan fingerprint density at radius 2 is 1.83 bits per heavy atom. The Morgan fingerprint density at radius 3 is 2.49 bits per heavy atom. The number of piperazine rings is 1. The number of fused-ring (bicyclic) bond motifs is 1. The highest BCUT2D eigenvalue weighted by Gasteiger charge is 2.45. The molecule has 8 nitrogen and oxygen atoms in total. The van der Waals surface area contributed by atoms with E-state index in [0.29, 0.717) is 36.5 Å². The van der Waals surface area contributed by atoms with Gasteiger partial charge in [-0.3, -0.25) is 9.59 Å². The highest BCUT2D eigenvalue weighted by molar-refractivity contribution is 5.97. The van der Waals surface area contributed by atoms with Gasteiger partial charge in [0.2, 0.25) is 5.91 Å². The van der Waals surface area contributed by atoms with Gasteiger partial charge in [-0.2, -0.15) is 13.2 Å². The van der Waals surface area contributed by atoms with E-state index in [1.165, 1.54) is 0 Å². The molecule has 0 atom stereocenters. The lowest BCUT2D eigenvalue weighted by molar-refractivity contribution is -0.188. The van der Waals surface area contributed by atoms with E-state index in [4.69, 9.17) is 4.98 Å². The minimum Gasteiger partial charge on any atom is -0.354 e. The van der Waals surface area contributed by atoms with Crippen molar-refractivity contribution in [3.05, 3.63) is 29.8 Å². The van der Waals surface area contributed by atoms with Crippen LogP contribution >= 0.6 is 0 Å². The maximum atomic E-state index is 13.2. The van der Waals surface area contributed by atoms with Crippen molar-refractivity contribution < 1.29 is 22.8 Å². The van der Waals surface area contributed by atoms with Crippen LogP contribution < -0.4 is 15.5 Å². The number of likely N-dealkylation sites (tertiary alicyclic amines) is 1. The molecule has 0 aliphatic carbocycles. The van der Waals surface area contributed by atoms with Gasteiger partial charge >= 0.3 is 12.1 Å². The molecule has 2 amide bonds. The molecule has 4 rings (SSSR count). The van der Waals surface area contributed by atoms with Crippen LogP contribution in [0, 0.1) is 6.92 Å². The number of nitrogens with zero attached hydrogens (tertiary/aromatic N) is 4. The molecule has 1 aromatic carbocycles. The van der Waals surface area contributed by atoms with Gasteiger partial charge in [-0.05, 0) is 69.7 Å². The van der Waals surface area contributed by atoms with Crippen molar-refractivity contribution >= 4 is 34.2 Å². The third-order valence-electron chi connectivity index (χ3n) is 6.67. The minimum atomic E-state index is -5.03. The zero-order chi connectivity index (χ0) is 25.2. The average molecular weight is 493 g/mol. The number of amides is 2. The Kier molecular flexibility index (Phi) is 7.46. The summed E-state index contributed by atoms with van der Waals surface area (Å²) in [5.41, 5.74) is 2.21. The third kappa shape index (κ3) is 6.02. The fourth-order valence-corrected chi connectivity index (χ4v) is 4.70. The van der Waals surface area contributed by atoms with Crippen LogP contribution in [-0.2, 0) is 9.59 Å². The summed E-state index contributed by atoms with van der Waals surface area (Å²) in [6.45, 7) is 5.99. The van der Waals surface area contributed by atoms with Gasteiger partial charge in [0.1, 0.15) is 12.4 Å². The number of pyridine rings is 1. The standard InChI is InChI=1S/C24H31F3N6O2/c1-16-13-21(32-11-7-28-8-12-32)30-20-4-3-17(14-19(16)20)29-22(34)15-33(23(35)24(25,26)27)18-5-9-31(2)10-6-18/h3-4,13-14,18,28H,5-12,15H2,1-2H3,(H,29,34). The van der Waals surface area contributed by atoms with Gasteiger partial charge in [-0.1, -0.05) is 0 Å². The Bertz CT molecular complexity index is 1080. The Morgan fingerprint density at radius 1 is 1.14 bits per heavy atom. The smallest absolute Gasteiger partial charge is 0.354 e. The van der Waals surface area contributed by atoms with Gasteiger partial charge in [0.05, 0.1) is 5.52 Å². The first kappa shape index (κ1) is 25.2. The predicted molar refractivity (Wildman–Crippen MR) is 128 cm³/mol. The quantitative estimate of drug-likeness (QED) is 0.667. The third-order valence-corrected chi connectivity index (χ3v) is 6.67. The molecule has 0 radical (unpaired) electrons. The largest absolute Gasteiger partial charge is 0.471 e. The minimum absolute atomic E-state index is 0.391. The fraction of sp³-hybridized carbons (Fsp3) is 0.542. The van der Waals surface area contributed by atoms with Crippen LogP contribution in [0.5, 0.6) is 0 Å².